The Hall–Kier alpha value is -3.48. The van der Waals surface area contributed by atoms with Gasteiger partial charge in [-0.15, -0.1) is 0 Å². The summed E-state index contributed by atoms with van der Waals surface area (Å²) in [6.07, 6.45) is 1.66. The molecular formula is C21H17F2N3O2. The van der Waals surface area contributed by atoms with Crippen LogP contribution < -0.4 is 10.3 Å². The first kappa shape index (κ1) is 17.9. The summed E-state index contributed by atoms with van der Waals surface area (Å²) in [5.41, 5.74) is 3.93. The van der Waals surface area contributed by atoms with Crippen molar-refractivity contribution in [2.24, 2.45) is 0 Å². The van der Waals surface area contributed by atoms with Crippen molar-refractivity contribution >= 4 is 11.0 Å². The number of hydrogen-bond acceptors (Lipinski definition) is 3. The van der Waals surface area contributed by atoms with Crippen LogP contribution in [0.1, 0.15) is 11.4 Å². The summed E-state index contributed by atoms with van der Waals surface area (Å²) in [6.45, 7) is -0.662. The largest absolute Gasteiger partial charge is 0.434 e. The fourth-order valence-electron chi connectivity index (χ4n) is 3.23. The molecule has 4 aromatic rings. The van der Waals surface area contributed by atoms with Gasteiger partial charge < -0.3 is 14.3 Å². The molecule has 0 radical (unpaired) electrons. The fourth-order valence-corrected chi connectivity index (χ4v) is 3.23. The molecule has 0 aliphatic heterocycles. The summed E-state index contributed by atoms with van der Waals surface area (Å²) in [7, 11) is 0. The first-order valence-electron chi connectivity index (χ1n) is 8.70. The van der Waals surface area contributed by atoms with Gasteiger partial charge >= 0.3 is 6.61 Å². The number of nitrogens with zero attached hydrogens (tertiary/aromatic N) is 2. The van der Waals surface area contributed by atoms with Crippen LogP contribution in [0.15, 0.2) is 65.6 Å². The number of H-pyrrole nitrogens is 1. The van der Waals surface area contributed by atoms with Crippen LogP contribution >= 0.6 is 0 Å². The SMILES string of the molecule is Cc1nc2ccc(-c3ccc(=O)[nH]c3)cc2n1Cc1ccccc1OC(F)F. The van der Waals surface area contributed by atoms with Crippen molar-refractivity contribution in [3.05, 3.63) is 82.5 Å². The van der Waals surface area contributed by atoms with Crippen LogP contribution in [-0.4, -0.2) is 21.1 Å². The zero-order chi connectivity index (χ0) is 19.7. The summed E-state index contributed by atoms with van der Waals surface area (Å²) >= 11 is 0. The Labute approximate surface area is 159 Å². The quantitative estimate of drug-likeness (QED) is 0.559. The maximum absolute atomic E-state index is 12.7. The van der Waals surface area contributed by atoms with Gasteiger partial charge in [0.15, 0.2) is 0 Å². The molecule has 0 spiro atoms. The number of fused-ring (bicyclic) bond motifs is 1. The number of benzene rings is 2. The number of ether oxygens (including phenoxy) is 1. The smallest absolute Gasteiger partial charge is 0.387 e. The molecule has 0 atom stereocenters. The molecule has 0 bridgehead atoms. The number of aromatic amines is 1. The molecule has 0 unspecified atom stereocenters. The standard InChI is InChI=1S/C21H17F2N3O2/c1-13-25-17-8-6-14(15-7-9-20(27)24-11-15)10-18(17)26(13)12-16-4-2-3-5-19(16)28-21(22)23/h2-11,21H,12H2,1H3,(H,24,27). The minimum Gasteiger partial charge on any atom is -0.434 e. The number of aryl methyl sites for hydroxylation is 1. The molecule has 0 fully saturated rings. The van der Waals surface area contributed by atoms with Gasteiger partial charge in [0.2, 0.25) is 5.56 Å². The van der Waals surface area contributed by atoms with Crippen molar-refractivity contribution < 1.29 is 13.5 Å². The molecule has 7 heteroatoms. The van der Waals surface area contributed by atoms with Crippen molar-refractivity contribution in [1.82, 2.24) is 14.5 Å². The lowest BCUT2D eigenvalue weighted by molar-refractivity contribution is -0.0504. The van der Waals surface area contributed by atoms with E-state index in [9.17, 15) is 13.6 Å². The number of hydrogen-bond donors (Lipinski definition) is 1. The van der Waals surface area contributed by atoms with Crippen LogP contribution in [0, 0.1) is 6.92 Å². The number of aromatic nitrogens is 3. The van der Waals surface area contributed by atoms with Crippen molar-refractivity contribution in [3.63, 3.8) is 0 Å². The van der Waals surface area contributed by atoms with Gasteiger partial charge in [-0.2, -0.15) is 8.78 Å². The van der Waals surface area contributed by atoms with Crippen LogP contribution in [0.25, 0.3) is 22.2 Å². The molecule has 5 nitrogen and oxygen atoms in total. The molecular weight excluding hydrogens is 364 g/mol. The first-order valence-corrected chi connectivity index (χ1v) is 8.70. The second-order valence-corrected chi connectivity index (χ2v) is 6.38. The van der Waals surface area contributed by atoms with E-state index in [1.54, 1.807) is 30.5 Å². The summed E-state index contributed by atoms with van der Waals surface area (Å²) in [5, 5.41) is 0. The second kappa shape index (κ2) is 7.26. The molecule has 0 aliphatic carbocycles. The van der Waals surface area contributed by atoms with Gasteiger partial charge in [0.25, 0.3) is 0 Å². The Balaban J connectivity index is 1.77. The van der Waals surface area contributed by atoms with E-state index in [1.165, 1.54) is 12.1 Å². The number of rotatable bonds is 5. The summed E-state index contributed by atoms with van der Waals surface area (Å²) in [5.74, 6) is 0.913. The third-order valence-corrected chi connectivity index (χ3v) is 4.57. The first-order chi connectivity index (χ1) is 13.5. The maximum Gasteiger partial charge on any atom is 0.387 e. The van der Waals surface area contributed by atoms with E-state index in [4.69, 9.17) is 0 Å². The van der Waals surface area contributed by atoms with Crippen LogP contribution in [0.5, 0.6) is 5.75 Å². The van der Waals surface area contributed by atoms with Gasteiger partial charge in [-0.1, -0.05) is 24.3 Å². The van der Waals surface area contributed by atoms with Crippen molar-refractivity contribution in [2.45, 2.75) is 20.1 Å². The normalized spacial score (nSPS) is 11.3. The lowest BCUT2D eigenvalue weighted by atomic mass is 10.1. The van der Waals surface area contributed by atoms with Gasteiger partial charge in [0, 0.05) is 17.8 Å². The molecule has 2 heterocycles. The number of pyridine rings is 1. The number of imidazole rings is 1. The van der Waals surface area contributed by atoms with Gasteiger partial charge in [0.05, 0.1) is 17.6 Å². The van der Waals surface area contributed by atoms with Gasteiger partial charge in [-0.25, -0.2) is 4.98 Å². The van der Waals surface area contributed by atoms with E-state index in [0.717, 1.165) is 28.0 Å². The van der Waals surface area contributed by atoms with E-state index in [1.807, 2.05) is 29.7 Å². The third kappa shape index (κ3) is 3.51. The molecule has 28 heavy (non-hydrogen) atoms. The maximum atomic E-state index is 12.7. The molecule has 2 aromatic heterocycles. The molecule has 2 aromatic carbocycles. The summed E-state index contributed by atoms with van der Waals surface area (Å²) < 4.78 is 32.0. The van der Waals surface area contributed by atoms with Crippen LogP contribution in [0.3, 0.4) is 0 Å². The van der Waals surface area contributed by atoms with Crippen molar-refractivity contribution in [3.8, 4) is 16.9 Å². The Morgan fingerprint density at radius 3 is 2.64 bits per heavy atom. The highest BCUT2D eigenvalue weighted by atomic mass is 19.3. The van der Waals surface area contributed by atoms with E-state index < -0.39 is 6.61 Å². The predicted molar refractivity (Wildman–Crippen MR) is 103 cm³/mol. The minimum atomic E-state index is -2.88. The van der Waals surface area contributed by atoms with Crippen molar-refractivity contribution in [2.75, 3.05) is 0 Å². The molecule has 142 valence electrons. The Kier molecular flexibility index (Phi) is 4.65. The third-order valence-electron chi connectivity index (χ3n) is 4.57. The number of nitrogens with one attached hydrogen (secondary N) is 1. The molecule has 0 saturated heterocycles. The zero-order valence-corrected chi connectivity index (χ0v) is 15.0. The van der Waals surface area contributed by atoms with Crippen LogP contribution in [0.2, 0.25) is 0 Å². The average molecular weight is 381 g/mol. The zero-order valence-electron chi connectivity index (χ0n) is 15.0. The van der Waals surface area contributed by atoms with Gasteiger partial charge in [0.1, 0.15) is 11.6 Å². The Bertz CT molecular complexity index is 1180. The number of halogens is 2. The fraction of sp³-hybridized carbons (Fsp3) is 0.143. The van der Waals surface area contributed by atoms with Gasteiger partial charge in [-0.3, -0.25) is 4.79 Å². The Morgan fingerprint density at radius 1 is 1.11 bits per heavy atom. The average Bonchev–Trinajstić information content (AvgIpc) is 2.98. The molecule has 1 N–H and O–H groups in total. The summed E-state index contributed by atoms with van der Waals surface area (Å²) in [6, 6.07) is 15.8. The highest BCUT2D eigenvalue weighted by Gasteiger charge is 2.14. The lowest BCUT2D eigenvalue weighted by Gasteiger charge is -2.13. The molecule has 0 saturated carbocycles. The minimum absolute atomic E-state index is 0.149. The highest BCUT2D eigenvalue weighted by molar-refractivity contribution is 5.82. The van der Waals surface area contributed by atoms with Crippen LogP contribution in [-0.2, 0) is 6.54 Å². The highest BCUT2D eigenvalue weighted by Crippen LogP contribution is 2.27. The number of para-hydroxylation sites is 1. The van der Waals surface area contributed by atoms with E-state index in [-0.39, 0.29) is 11.3 Å². The topological polar surface area (TPSA) is 59.9 Å². The van der Waals surface area contributed by atoms with Crippen LogP contribution in [0.4, 0.5) is 8.78 Å². The number of alkyl halides is 2. The molecule has 0 amide bonds. The van der Waals surface area contributed by atoms with Gasteiger partial charge in [-0.05, 0) is 42.3 Å². The van der Waals surface area contributed by atoms with E-state index in [2.05, 4.69) is 14.7 Å². The molecule has 4 rings (SSSR count). The van der Waals surface area contributed by atoms with Crippen molar-refractivity contribution in [1.29, 1.82) is 0 Å². The molecule has 0 aliphatic rings. The lowest BCUT2D eigenvalue weighted by Crippen LogP contribution is -2.08. The predicted octanol–water partition coefficient (Wildman–Crippen LogP) is 4.35. The monoisotopic (exact) mass is 381 g/mol. The van der Waals surface area contributed by atoms with E-state index in [0.29, 0.717) is 12.1 Å². The second-order valence-electron chi connectivity index (χ2n) is 6.38. The summed E-state index contributed by atoms with van der Waals surface area (Å²) in [4.78, 5) is 18.5. The Morgan fingerprint density at radius 2 is 1.89 bits per heavy atom. The van der Waals surface area contributed by atoms with E-state index >= 15 is 0 Å².